The fraction of sp³-hybridized carbons (Fsp3) is 0.214. The van der Waals surface area contributed by atoms with E-state index in [0.717, 1.165) is 0 Å². The molecule has 0 saturated carbocycles. The van der Waals surface area contributed by atoms with Gasteiger partial charge in [0.15, 0.2) is 11.9 Å². The molecular formula is C14H13N3O3. The van der Waals surface area contributed by atoms with Gasteiger partial charge in [0.05, 0.1) is 11.6 Å². The second-order valence-electron chi connectivity index (χ2n) is 4.21. The highest BCUT2D eigenvalue weighted by Gasteiger charge is 2.16. The molecule has 1 amide bonds. The van der Waals surface area contributed by atoms with Crippen molar-refractivity contribution < 1.29 is 14.1 Å². The first-order valence-electron chi connectivity index (χ1n) is 5.99. The van der Waals surface area contributed by atoms with E-state index in [1.807, 2.05) is 6.07 Å². The molecule has 1 N–H and O–H groups in total. The van der Waals surface area contributed by atoms with Gasteiger partial charge in [0.2, 0.25) is 0 Å². The molecule has 0 saturated heterocycles. The molecule has 1 aromatic carbocycles. The third-order valence-corrected chi connectivity index (χ3v) is 2.52. The topological polar surface area (TPSA) is 88.1 Å². The second kappa shape index (κ2) is 5.89. The van der Waals surface area contributed by atoms with E-state index in [0.29, 0.717) is 22.9 Å². The number of carbonyl (C=O) groups excluding carboxylic acids is 1. The predicted molar refractivity (Wildman–Crippen MR) is 71.1 cm³/mol. The Bertz CT molecular complexity index is 658. The summed E-state index contributed by atoms with van der Waals surface area (Å²) < 4.78 is 10.3. The van der Waals surface area contributed by atoms with Gasteiger partial charge in [-0.05, 0) is 32.0 Å². The zero-order valence-corrected chi connectivity index (χ0v) is 11.1. The minimum Gasteiger partial charge on any atom is -0.481 e. The largest absolute Gasteiger partial charge is 0.481 e. The molecule has 0 fully saturated rings. The number of nitrogens with one attached hydrogen (secondary N) is 1. The summed E-state index contributed by atoms with van der Waals surface area (Å²) in [6.07, 6.45) is -0.721. The Labute approximate surface area is 115 Å². The van der Waals surface area contributed by atoms with Crippen LogP contribution in [0.3, 0.4) is 0 Å². The van der Waals surface area contributed by atoms with Gasteiger partial charge in [0.25, 0.3) is 5.91 Å². The van der Waals surface area contributed by atoms with E-state index >= 15 is 0 Å². The van der Waals surface area contributed by atoms with Crippen molar-refractivity contribution >= 4 is 11.7 Å². The number of ether oxygens (including phenoxy) is 1. The Morgan fingerprint density at radius 3 is 2.95 bits per heavy atom. The van der Waals surface area contributed by atoms with E-state index in [1.165, 1.54) is 0 Å². The first-order chi connectivity index (χ1) is 9.58. The summed E-state index contributed by atoms with van der Waals surface area (Å²) in [7, 11) is 0. The third kappa shape index (κ3) is 3.36. The Kier molecular flexibility index (Phi) is 4.01. The number of anilines is 1. The van der Waals surface area contributed by atoms with Crippen LogP contribution in [-0.4, -0.2) is 17.2 Å². The van der Waals surface area contributed by atoms with Crippen LogP contribution in [0.4, 0.5) is 5.82 Å². The number of hydrogen-bond acceptors (Lipinski definition) is 5. The minimum atomic E-state index is -0.721. The summed E-state index contributed by atoms with van der Waals surface area (Å²) in [4.78, 5) is 11.9. The molecule has 0 unspecified atom stereocenters. The molecule has 0 radical (unpaired) electrons. The highest BCUT2D eigenvalue weighted by molar-refractivity contribution is 5.93. The molecule has 102 valence electrons. The summed E-state index contributed by atoms with van der Waals surface area (Å²) >= 11 is 0. The molecule has 6 heteroatoms. The standard InChI is InChI=1S/C14H13N3O3/c1-9-6-13(17-20-9)16-14(18)10(2)19-12-5-3-4-11(7-12)8-15/h3-7,10H,1-2H3,(H,16,17,18)/t10-/m1/s1. The van der Waals surface area contributed by atoms with Crippen molar-refractivity contribution in [2.45, 2.75) is 20.0 Å². The summed E-state index contributed by atoms with van der Waals surface area (Å²) in [6.45, 7) is 3.34. The lowest BCUT2D eigenvalue weighted by Gasteiger charge is -2.13. The monoisotopic (exact) mass is 271 g/mol. The number of carbonyl (C=O) groups is 1. The van der Waals surface area contributed by atoms with Crippen molar-refractivity contribution in [3.63, 3.8) is 0 Å². The van der Waals surface area contributed by atoms with E-state index < -0.39 is 6.10 Å². The average molecular weight is 271 g/mol. The molecule has 0 aliphatic heterocycles. The first kappa shape index (κ1) is 13.6. The van der Waals surface area contributed by atoms with Crippen LogP contribution in [0.2, 0.25) is 0 Å². The molecule has 0 aliphatic rings. The average Bonchev–Trinajstić information content (AvgIpc) is 2.84. The maximum Gasteiger partial charge on any atom is 0.266 e. The maximum absolute atomic E-state index is 11.9. The number of benzene rings is 1. The molecule has 0 spiro atoms. The first-order valence-corrected chi connectivity index (χ1v) is 5.99. The van der Waals surface area contributed by atoms with E-state index in [9.17, 15) is 4.79 Å². The molecule has 2 rings (SSSR count). The van der Waals surface area contributed by atoms with Crippen LogP contribution in [0.15, 0.2) is 34.9 Å². The van der Waals surface area contributed by atoms with E-state index in [1.54, 1.807) is 44.2 Å². The summed E-state index contributed by atoms with van der Waals surface area (Å²) in [5.41, 5.74) is 0.474. The highest BCUT2D eigenvalue weighted by atomic mass is 16.5. The zero-order valence-electron chi connectivity index (χ0n) is 11.1. The van der Waals surface area contributed by atoms with Crippen LogP contribution in [0.5, 0.6) is 5.75 Å². The number of nitrogens with zero attached hydrogens (tertiary/aromatic N) is 2. The number of nitriles is 1. The van der Waals surface area contributed by atoms with Crippen molar-refractivity contribution in [3.8, 4) is 11.8 Å². The van der Waals surface area contributed by atoms with Crippen molar-refractivity contribution in [3.05, 3.63) is 41.7 Å². The highest BCUT2D eigenvalue weighted by Crippen LogP contribution is 2.15. The van der Waals surface area contributed by atoms with Crippen molar-refractivity contribution in [1.29, 1.82) is 5.26 Å². The molecule has 20 heavy (non-hydrogen) atoms. The third-order valence-electron chi connectivity index (χ3n) is 2.52. The van der Waals surface area contributed by atoms with Crippen molar-refractivity contribution in [1.82, 2.24) is 5.16 Å². The zero-order chi connectivity index (χ0) is 14.5. The summed E-state index contributed by atoms with van der Waals surface area (Å²) in [5.74, 6) is 1.06. The van der Waals surface area contributed by atoms with Gasteiger partial charge >= 0.3 is 0 Å². The van der Waals surface area contributed by atoms with Gasteiger partial charge in [-0.15, -0.1) is 0 Å². The van der Waals surface area contributed by atoms with Crippen LogP contribution in [0.1, 0.15) is 18.2 Å². The Morgan fingerprint density at radius 1 is 1.50 bits per heavy atom. The number of rotatable bonds is 4. The Balaban J connectivity index is 1.98. The lowest BCUT2D eigenvalue weighted by molar-refractivity contribution is -0.122. The van der Waals surface area contributed by atoms with Crippen molar-refractivity contribution in [2.75, 3.05) is 5.32 Å². The Hall–Kier alpha value is -2.81. The molecular weight excluding hydrogens is 258 g/mol. The van der Waals surface area contributed by atoms with E-state index in [-0.39, 0.29) is 5.91 Å². The molecule has 1 heterocycles. The van der Waals surface area contributed by atoms with Gasteiger partial charge in [-0.3, -0.25) is 4.79 Å². The fourth-order valence-corrected chi connectivity index (χ4v) is 1.55. The minimum absolute atomic E-state index is 0.341. The smallest absolute Gasteiger partial charge is 0.266 e. The number of aromatic nitrogens is 1. The van der Waals surface area contributed by atoms with E-state index in [4.69, 9.17) is 14.5 Å². The van der Waals surface area contributed by atoms with Crippen LogP contribution in [-0.2, 0) is 4.79 Å². The lowest BCUT2D eigenvalue weighted by Crippen LogP contribution is -2.30. The number of aryl methyl sites for hydroxylation is 1. The van der Waals surface area contributed by atoms with Gasteiger partial charge in [-0.25, -0.2) is 0 Å². The normalized spacial score (nSPS) is 11.4. The van der Waals surface area contributed by atoms with Crippen LogP contribution in [0, 0.1) is 18.3 Å². The molecule has 1 aromatic heterocycles. The number of amides is 1. The van der Waals surface area contributed by atoms with Gasteiger partial charge in [-0.1, -0.05) is 11.2 Å². The predicted octanol–water partition coefficient (Wildman–Crippen LogP) is 2.26. The molecule has 6 nitrogen and oxygen atoms in total. The molecule has 2 aromatic rings. The molecule has 0 bridgehead atoms. The van der Waals surface area contributed by atoms with Gasteiger partial charge in [0.1, 0.15) is 11.5 Å². The Morgan fingerprint density at radius 2 is 2.30 bits per heavy atom. The van der Waals surface area contributed by atoms with Crippen molar-refractivity contribution in [2.24, 2.45) is 0 Å². The lowest BCUT2D eigenvalue weighted by atomic mass is 10.2. The van der Waals surface area contributed by atoms with Gasteiger partial charge in [-0.2, -0.15) is 5.26 Å². The second-order valence-corrected chi connectivity index (χ2v) is 4.21. The summed E-state index contributed by atoms with van der Waals surface area (Å²) in [5, 5.41) is 15.0. The molecule has 1 atom stereocenters. The fourth-order valence-electron chi connectivity index (χ4n) is 1.55. The van der Waals surface area contributed by atoms with Crippen LogP contribution >= 0.6 is 0 Å². The maximum atomic E-state index is 11.9. The van der Waals surface area contributed by atoms with Crippen LogP contribution in [0.25, 0.3) is 0 Å². The summed E-state index contributed by atoms with van der Waals surface area (Å²) in [6, 6.07) is 10.2. The van der Waals surface area contributed by atoms with Gasteiger partial charge < -0.3 is 14.6 Å². The number of hydrogen-bond donors (Lipinski definition) is 1. The molecule has 0 aliphatic carbocycles. The van der Waals surface area contributed by atoms with Gasteiger partial charge in [0, 0.05) is 6.07 Å². The van der Waals surface area contributed by atoms with Crippen LogP contribution < -0.4 is 10.1 Å². The quantitative estimate of drug-likeness (QED) is 0.921. The SMILES string of the molecule is Cc1cc(NC(=O)[C@@H](C)Oc2cccc(C#N)c2)no1. The van der Waals surface area contributed by atoms with E-state index in [2.05, 4.69) is 10.5 Å².